The summed E-state index contributed by atoms with van der Waals surface area (Å²) in [7, 11) is -3.64. The van der Waals surface area contributed by atoms with Gasteiger partial charge in [0.2, 0.25) is 10.0 Å². The van der Waals surface area contributed by atoms with Gasteiger partial charge in [0.15, 0.2) is 0 Å². The standard InChI is InChI=1S/C14H17N3O4S/c1-9-4-2-3-7-17(9)22(20,21)10-5-6-12-11(8-10)13(18)16-14(19)15-12/h5-6,8-9H,2-4,7H2,1H3,(H2,15,16,18,19). The second-order valence-corrected chi connectivity index (χ2v) is 7.47. The highest BCUT2D eigenvalue weighted by Crippen LogP contribution is 2.25. The van der Waals surface area contributed by atoms with Gasteiger partial charge in [-0.05, 0) is 38.0 Å². The Labute approximate surface area is 127 Å². The average Bonchev–Trinajstić information content (AvgIpc) is 2.47. The topological polar surface area (TPSA) is 103 Å². The zero-order valence-electron chi connectivity index (χ0n) is 12.1. The first-order valence-corrected chi connectivity index (χ1v) is 8.62. The highest BCUT2D eigenvalue weighted by atomic mass is 32.2. The predicted molar refractivity (Wildman–Crippen MR) is 82.4 cm³/mol. The fraction of sp³-hybridized carbons (Fsp3) is 0.429. The molecule has 0 radical (unpaired) electrons. The van der Waals surface area contributed by atoms with Crippen LogP contribution in [0.25, 0.3) is 10.9 Å². The van der Waals surface area contributed by atoms with Crippen LogP contribution in [0.1, 0.15) is 26.2 Å². The number of aromatic nitrogens is 2. The molecular formula is C14H17N3O4S. The van der Waals surface area contributed by atoms with E-state index in [0.29, 0.717) is 12.1 Å². The van der Waals surface area contributed by atoms with Crippen LogP contribution < -0.4 is 11.2 Å². The third-order valence-corrected chi connectivity index (χ3v) is 6.07. The van der Waals surface area contributed by atoms with Crippen molar-refractivity contribution in [1.82, 2.24) is 14.3 Å². The molecule has 1 aromatic heterocycles. The minimum atomic E-state index is -3.64. The van der Waals surface area contributed by atoms with Crippen LogP contribution in [0.2, 0.25) is 0 Å². The lowest BCUT2D eigenvalue weighted by atomic mass is 10.1. The Balaban J connectivity index is 2.13. The largest absolute Gasteiger partial charge is 0.326 e. The molecule has 0 aliphatic carbocycles. The molecule has 7 nitrogen and oxygen atoms in total. The fourth-order valence-corrected chi connectivity index (χ4v) is 4.60. The molecule has 22 heavy (non-hydrogen) atoms. The summed E-state index contributed by atoms with van der Waals surface area (Å²) >= 11 is 0. The Bertz CT molecular complexity index is 929. The van der Waals surface area contributed by atoms with Crippen LogP contribution in [0.3, 0.4) is 0 Å². The zero-order chi connectivity index (χ0) is 15.9. The minimum absolute atomic E-state index is 0.0525. The van der Waals surface area contributed by atoms with Gasteiger partial charge in [0.1, 0.15) is 0 Å². The summed E-state index contributed by atoms with van der Waals surface area (Å²) in [6, 6.07) is 4.14. The summed E-state index contributed by atoms with van der Waals surface area (Å²) in [5.74, 6) is 0. The van der Waals surface area contributed by atoms with Crippen LogP contribution in [0, 0.1) is 0 Å². The van der Waals surface area contributed by atoms with Crippen LogP contribution >= 0.6 is 0 Å². The minimum Gasteiger partial charge on any atom is -0.307 e. The zero-order valence-corrected chi connectivity index (χ0v) is 12.9. The van der Waals surface area contributed by atoms with Crippen molar-refractivity contribution in [2.24, 2.45) is 0 Å². The van der Waals surface area contributed by atoms with E-state index in [-0.39, 0.29) is 16.3 Å². The lowest BCUT2D eigenvalue weighted by Crippen LogP contribution is -2.41. The maximum atomic E-state index is 12.8. The average molecular weight is 323 g/mol. The number of aromatic amines is 2. The van der Waals surface area contributed by atoms with Crippen LogP contribution in [-0.2, 0) is 10.0 Å². The SMILES string of the molecule is CC1CCCCN1S(=O)(=O)c1ccc2[nH]c(=O)[nH]c(=O)c2c1. The van der Waals surface area contributed by atoms with Crippen molar-refractivity contribution in [3.8, 4) is 0 Å². The van der Waals surface area contributed by atoms with Gasteiger partial charge in [0.25, 0.3) is 5.56 Å². The number of benzene rings is 1. The summed E-state index contributed by atoms with van der Waals surface area (Å²) in [4.78, 5) is 27.7. The van der Waals surface area contributed by atoms with Crippen molar-refractivity contribution >= 4 is 20.9 Å². The van der Waals surface area contributed by atoms with E-state index >= 15 is 0 Å². The molecule has 1 aliphatic heterocycles. The molecule has 0 saturated carbocycles. The van der Waals surface area contributed by atoms with E-state index in [0.717, 1.165) is 19.3 Å². The Morgan fingerprint density at radius 1 is 1.18 bits per heavy atom. The number of hydrogen-bond acceptors (Lipinski definition) is 4. The Hall–Kier alpha value is -1.93. The van der Waals surface area contributed by atoms with E-state index in [1.165, 1.54) is 22.5 Å². The van der Waals surface area contributed by atoms with Gasteiger partial charge in [0, 0.05) is 12.6 Å². The van der Waals surface area contributed by atoms with Crippen LogP contribution in [0.5, 0.6) is 0 Å². The van der Waals surface area contributed by atoms with Crippen molar-refractivity contribution in [2.75, 3.05) is 6.54 Å². The van der Waals surface area contributed by atoms with E-state index in [9.17, 15) is 18.0 Å². The molecule has 1 saturated heterocycles. The summed E-state index contributed by atoms with van der Waals surface area (Å²) < 4.78 is 27.0. The molecule has 1 aromatic carbocycles. The molecular weight excluding hydrogens is 306 g/mol. The fourth-order valence-electron chi connectivity index (χ4n) is 2.87. The second-order valence-electron chi connectivity index (χ2n) is 5.58. The molecule has 2 aromatic rings. The van der Waals surface area contributed by atoms with E-state index in [1.807, 2.05) is 6.92 Å². The van der Waals surface area contributed by atoms with Gasteiger partial charge in [-0.3, -0.25) is 9.78 Å². The quantitative estimate of drug-likeness (QED) is 0.852. The van der Waals surface area contributed by atoms with Crippen molar-refractivity contribution in [1.29, 1.82) is 0 Å². The third-order valence-electron chi connectivity index (χ3n) is 4.06. The van der Waals surface area contributed by atoms with Gasteiger partial charge in [-0.2, -0.15) is 4.31 Å². The molecule has 1 fully saturated rings. The number of H-pyrrole nitrogens is 2. The lowest BCUT2D eigenvalue weighted by molar-refractivity contribution is 0.268. The number of fused-ring (bicyclic) bond motifs is 1. The van der Waals surface area contributed by atoms with Crippen molar-refractivity contribution in [3.05, 3.63) is 39.0 Å². The maximum Gasteiger partial charge on any atom is 0.326 e. The second kappa shape index (κ2) is 5.36. The molecule has 0 spiro atoms. The Morgan fingerprint density at radius 3 is 2.68 bits per heavy atom. The smallest absolute Gasteiger partial charge is 0.307 e. The van der Waals surface area contributed by atoms with Gasteiger partial charge in [-0.1, -0.05) is 6.42 Å². The molecule has 1 atom stereocenters. The van der Waals surface area contributed by atoms with Gasteiger partial charge < -0.3 is 4.98 Å². The molecule has 8 heteroatoms. The first-order valence-electron chi connectivity index (χ1n) is 7.18. The lowest BCUT2D eigenvalue weighted by Gasteiger charge is -2.32. The molecule has 0 bridgehead atoms. The van der Waals surface area contributed by atoms with Crippen LogP contribution in [-0.4, -0.2) is 35.3 Å². The highest BCUT2D eigenvalue weighted by molar-refractivity contribution is 7.89. The highest BCUT2D eigenvalue weighted by Gasteiger charge is 2.31. The monoisotopic (exact) mass is 323 g/mol. The number of rotatable bonds is 2. The molecule has 118 valence electrons. The summed E-state index contributed by atoms with van der Waals surface area (Å²) in [5.41, 5.74) is -0.889. The molecule has 1 aliphatic rings. The molecule has 1 unspecified atom stereocenters. The van der Waals surface area contributed by atoms with Crippen molar-refractivity contribution in [2.45, 2.75) is 37.1 Å². The molecule has 0 amide bonds. The number of nitrogens with zero attached hydrogens (tertiary/aromatic N) is 1. The third kappa shape index (κ3) is 2.48. The van der Waals surface area contributed by atoms with Crippen LogP contribution in [0.15, 0.2) is 32.7 Å². The van der Waals surface area contributed by atoms with Crippen molar-refractivity contribution < 1.29 is 8.42 Å². The summed E-state index contributed by atoms with van der Waals surface area (Å²) in [5, 5.41) is 0.158. The first-order chi connectivity index (χ1) is 10.4. The number of nitrogens with one attached hydrogen (secondary N) is 2. The van der Waals surface area contributed by atoms with E-state index in [2.05, 4.69) is 9.97 Å². The summed E-state index contributed by atoms with van der Waals surface area (Å²) in [6.07, 6.45) is 2.69. The first kappa shape index (κ1) is 15.0. The number of piperidine rings is 1. The van der Waals surface area contributed by atoms with E-state index in [4.69, 9.17) is 0 Å². The number of sulfonamides is 1. The van der Waals surface area contributed by atoms with Crippen molar-refractivity contribution in [3.63, 3.8) is 0 Å². The van der Waals surface area contributed by atoms with Crippen LogP contribution in [0.4, 0.5) is 0 Å². The van der Waals surface area contributed by atoms with Gasteiger partial charge in [0.05, 0.1) is 15.8 Å². The molecule has 3 rings (SSSR count). The molecule has 2 N–H and O–H groups in total. The van der Waals surface area contributed by atoms with Gasteiger partial charge >= 0.3 is 5.69 Å². The normalized spacial score (nSPS) is 20.3. The van der Waals surface area contributed by atoms with E-state index in [1.54, 1.807) is 0 Å². The van der Waals surface area contributed by atoms with E-state index < -0.39 is 21.3 Å². The number of hydrogen-bond donors (Lipinski definition) is 2. The predicted octanol–water partition coefficient (Wildman–Crippen LogP) is 0.780. The summed E-state index contributed by atoms with van der Waals surface area (Å²) in [6.45, 7) is 2.38. The van der Waals surface area contributed by atoms with Gasteiger partial charge in [-0.25, -0.2) is 13.2 Å². The molecule has 2 heterocycles. The maximum absolute atomic E-state index is 12.8. The Kier molecular flexibility index (Phi) is 3.65. The Morgan fingerprint density at radius 2 is 1.95 bits per heavy atom. The van der Waals surface area contributed by atoms with Gasteiger partial charge in [-0.15, -0.1) is 0 Å².